The van der Waals surface area contributed by atoms with Crippen LogP contribution in [0.15, 0.2) is 59.0 Å². The number of aryl methyl sites for hydroxylation is 2. The summed E-state index contributed by atoms with van der Waals surface area (Å²) in [5.41, 5.74) is 6.69. The van der Waals surface area contributed by atoms with Gasteiger partial charge in [0, 0.05) is 17.7 Å². The van der Waals surface area contributed by atoms with E-state index in [1.54, 1.807) is 69.4 Å². The smallest absolute Gasteiger partial charge is 0.273 e. The highest BCUT2D eigenvalue weighted by atomic mass is 16.5. The van der Waals surface area contributed by atoms with Crippen LogP contribution in [0.25, 0.3) is 0 Å². The Morgan fingerprint density at radius 2 is 1.72 bits per heavy atom. The first kappa shape index (κ1) is 24.8. The number of benzene rings is 2. The van der Waals surface area contributed by atoms with Crippen molar-refractivity contribution in [1.29, 1.82) is 0 Å². The van der Waals surface area contributed by atoms with Crippen molar-refractivity contribution >= 4 is 23.4 Å². The lowest BCUT2D eigenvalue weighted by atomic mass is 9.83. The predicted octanol–water partition coefficient (Wildman–Crippen LogP) is 3.86. The molecule has 1 aliphatic heterocycles. The highest BCUT2D eigenvalue weighted by Crippen LogP contribution is 2.43. The topological polar surface area (TPSA) is 110 Å². The molecule has 0 bridgehead atoms. The number of nitrogens with one attached hydrogen (secondary N) is 2. The Kier molecular flexibility index (Phi) is 7.28. The number of para-hydroxylation sites is 1. The van der Waals surface area contributed by atoms with E-state index in [4.69, 9.17) is 13.9 Å². The molecular weight excluding hydrogens is 462 g/mol. The van der Waals surface area contributed by atoms with Crippen molar-refractivity contribution in [2.45, 2.75) is 32.7 Å². The number of ether oxygens (including phenoxy) is 2. The largest absolute Gasteiger partial charge is 0.497 e. The molecule has 2 atom stereocenters. The minimum atomic E-state index is -0.661. The summed E-state index contributed by atoms with van der Waals surface area (Å²) in [5, 5.41) is 0. The fourth-order valence-corrected chi connectivity index (χ4v) is 4.62. The summed E-state index contributed by atoms with van der Waals surface area (Å²) < 4.78 is 16.3. The predicted molar refractivity (Wildman–Crippen MR) is 133 cm³/mol. The summed E-state index contributed by atoms with van der Waals surface area (Å²) >= 11 is 0. The molecule has 1 aliphatic rings. The van der Waals surface area contributed by atoms with Gasteiger partial charge in [0.15, 0.2) is 0 Å². The molecule has 1 saturated heterocycles. The molecule has 1 aromatic heterocycles. The fraction of sp³-hybridized carbons (Fsp3) is 0.296. The van der Waals surface area contributed by atoms with Crippen LogP contribution < -0.4 is 25.2 Å². The molecule has 0 saturated carbocycles. The molecule has 2 unspecified atom stereocenters. The number of hydrazine groups is 1. The standard InChI is InChI=1S/C27H29N3O6/c1-16-15-22(17(2)36-16)27(33)29-28-26(32)21-13-14-24(31)30(18-9-11-19(34-3)12-10-18)25(21)20-7-5-6-8-23(20)35-4/h5-12,15,21,25H,13-14H2,1-4H3,(H,28,32)(H,29,33). The third-order valence-corrected chi connectivity index (χ3v) is 6.33. The molecular formula is C27H29N3O6. The lowest BCUT2D eigenvalue weighted by molar-refractivity contribution is -0.130. The average molecular weight is 492 g/mol. The molecule has 3 aromatic rings. The van der Waals surface area contributed by atoms with Gasteiger partial charge in [-0.25, -0.2) is 0 Å². The maximum atomic E-state index is 13.4. The van der Waals surface area contributed by atoms with Gasteiger partial charge >= 0.3 is 0 Å². The number of carbonyl (C=O) groups is 3. The average Bonchev–Trinajstić information content (AvgIpc) is 3.24. The summed E-state index contributed by atoms with van der Waals surface area (Å²) in [7, 11) is 3.12. The molecule has 2 heterocycles. The van der Waals surface area contributed by atoms with E-state index < -0.39 is 23.8 Å². The second-order valence-corrected chi connectivity index (χ2v) is 8.56. The molecule has 0 aliphatic carbocycles. The molecule has 36 heavy (non-hydrogen) atoms. The Morgan fingerprint density at radius 3 is 2.36 bits per heavy atom. The maximum absolute atomic E-state index is 13.4. The van der Waals surface area contributed by atoms with Gasteiger partial charge in [0.2, 0.25) is 11.8 Å². The number of anilines is 1. The van der Waals surface area contributed by atoms with Crippen molar-refractivity contribution in [1.82, 2.24) is 10.9 Å². The van der Waals surface area contributed by atoms with Gasteiger partial charge in [-0.1, -0.05) is 18.2 Å². The van der Waals surface area contributed by atoms with Crippen LogP contribution >= 0.6 is 0 Å². The van der Waals surface area contributed by atoms with Crippen LogP contribution in [0.1, 0.15) is 46.3 Å². The number of methoxy groups -OCH3 is 2. The quantitative estimate of drug-likeness (QED) is 0.507. The van der Waals surface area contributed by atoms with E-state index in [1.165, 1.54) is 0 Å². The monoisotopic (exact) mass is 491 g/mol. The van der Waals surface area contributed by atoms with E-state index in [0.717, 1.165) is 0 Å². The van der Waals surface area contributed by atoms with Gasteiger partial charge in [-0.05, 0) is 56.7 Å². The van der Waals surface area contributed by atoms with Gasteiger partial charge in [0.25, 0.3) is 5.91 Å². The summed E-state index contributed by atoms with van der Waals surface area (Å²) in [6.45, 7) is 3.42. The van der Waals surface area contributed by atoms with Gasteiger partial charge in [-0.2, -0.15) is 0 Å². The number of piperidine rings is 1. The Morgan fingerprint density at radius 1 is 1.00 bits per heavy atom. The van der Waals surface area contributed by atoms with Crippen molar-refractivity contribution < 1.29 is 28.3 Å². The van der Waals surface area contributed by atoms with E-state index in [-0.39, 0.29) is 12.3 Å². The fourth-order valence-electron chi connectivity index (χ4n) is 4.62. The van der Waals surface area contributed by atoms with E-state index in [2.05, 4.69) is 10.9 Å². The molecule has 2 N–H and O–H groups in total. The molecule has 188 valence electrons. The molecule has 9 heteroatoms. The minimum absolute atomic E-state index is 0.117. The van der Waals surface area contributed by atoms with Crippen LogP contribution in [0.2, 0.25) is 0 Å². The SMILES string of the molecule is COc1ccc(N2C(=O)CCC(C(=O)NNC(=O)c3cc(C)oc3C)C2c2ccccc2OC)cc1. The van der Waals surface area contributed by atoms with E-state index >= 15 is 0 Å². The van der Waals surface area contributed by atoms with Crippen LogP contribution in [-0.4, -0.2) is 31.9 Å². The highest BCUT2D eigenvalue weighted by molar-refractivity contribution is 5.99. The Labute approximate surface area is 209 Å². The Balaban J connectivity index is 1.66. The molecule has 3 amide bonds. The van der Waals surface area contributed by atoms with E-state index in [0.29, 0.717) is 46.3 Å². The number of rotatable bonds is 6. The normalized spacial score (nSPS) is 17.4. The maximum Gasteiger partial charge on any atom is 0.273 e. The van der Waals surface area contributed by atoms with E-state index in [9.17, 15) is 14.4 Å². The van der Waals surface area contributed by atoms with E-state index in [1.807, 2.05) is 18.2 Å². The van der Waals surface area contributed by atoms with Crippen LogP contribution in [0.4, 0.5) is 5.69 Å². The number of amides is 3. The zero-order chi connectivity index (χ0) is 25.8. The minimum Gasteiger partial charge on any atom is -0.497 e. The highest BCUT2D eigenvalue weighted by Gasteiger charge is 2.42. The van der Waals surface area contributed by atoms with Gasteiger partial charge in [0.1, 0.15) is 23.0 Å². The first-order valence-electron chi connectivity index (χ1n) is 11.6. The van der Waals surface area contributed by atoms with Crippen LogP contribution in [0.3, 0.4) is 0 Å². The number of carbonyl (C=O) groups excluding carboxylic acids is 3. The molecule has 2 aromatic carbocycles. The number of nitrogens with zero attached hydrogens (tertiary/aromatic N) is 1. The van der Waals surface area contributed by atoms with Gasteiger partial charge in [0.05, 0.1) is 31.7 Å². The zero-order valence-electron chi connectivity index (χ0n) is 20.7. The van der Waals surface area contributed by atoms with Crippen LogP contribution in [-0.2, 0) is 9.59 Å². The van der Waals surface area contributed by atoms with Crippen molar-refractivity contribution in [3.8, 4) is 11.5 Å². The van der Waals surface area contributed by atoms with Crippen molar-refractivity contribution in [3.05, 3.63) is 77.2 Å². The Bertz CT molecular complexity index is 1270. The molecule has 0 radical (unpaired) electrons. The van der Waals surface area contributed by atoms with Gasteiger partial charge in [-0.15, -0.1) is 0 Å². The summed E-state index contributed by atoms with van der Waals surface area (Å²) in [6, 6.07) is 15.3. The second-order valence-electron chi connectivity index (χ2n) is 8.56. The van der Waals surface area contributed by atoms with Crippen molar-refractivity contribution in [2.24, 2.45) is 5.92 Å². The number of furan rings is 1. The first-order valence-corrected chi connectivity index (χ1v) is 11.6. The molecule has 9 nitrogen and oxygen atoms in total. The second kappa shape index (κ2) is 10.6. The number of hydrogen-bond donors (Lipinski definition) is 2. The third kappa shape index (κ3) is 4.91. The molecule has 1 fully saturated rings. The van der Waals surface area contributed by atoms with Crippen LogP contribution in [0, 0.1) is 19.8 Å². The Hall–Kier alpha value is -4.27. The molecule has 0 spiro atoms. The van der Waals surface area contributed by atoms with Crippen molar-refractivity contribution in [3.63, 3.8) is 0 Å². The van der Waals surface area contributed by atoms with Crippen molar-refractivity contribution in [2.75, 3.05) is 19.1 Å². The summed E-state index contributed by atoms with van der Waals surface area (Å²) in [5.74, 6) is 0.595. The lowest BCUT2D eigenvalue weighted by Crippen LogP contribution is -2.52. The third-order valence-electron chi connectivity index (χ3n) is 6.33. The van der Waals surface area contributed by atoms with Gasteiger partial charge in [-0.3, -0.25) is 25.2 Å². The van der Waals surface area contributed by atoms with Crippen LogP contribution in [0.5, 0.6) is 11.5 Å². The number of hydrogen-bond acceptors (Lipinski definition) is 6. The summed E-state index contributed by atoms with van der Waals surface area (Å²) in [6.07, 6.45) is 0.476. The molecule has 4 rings (SSSR count). The lowest BCUT2D eigenvalue weighted by Gasteiger charge is -2.41. The zero-order valence-corrected chi connectivity index (χ0v) is 20.7. The first-order chi connectivity index (χ1) is 17.3. The van der Waals surface area contributed by atoms with Gasteiger partial charge < -0.3 is 18.8 Å². The summed E-state index contributed by atoms with van der Waals surface area (Å²) in [4.78, 5) is 40.9.